The van der Waals surface area contributed by atoms with Crippen LogP contribution in [-0.2, 0) is 10.2 Å². The van der Waals surface area contributed by atoms with E-state index in [2.05, 4.69) is 30.9 Å². The maximum atomic E-state index is 13.7. The molecule has 5 rings (SSSR count). The molecule has 4 aromatic rings. The summed E-state index contributed by atoms with van der Waals surface area (Å²) in [5.74, 6) is -2.09. The lowest BCUT2D eigenvalue weighted by Crippen LogP contribution is -2.28. The van der Waals surface area contributed by atoms with Gasteiger partial charge in [0.15, 0.2) is 17.5 Å². The zero-order chi connectivity index (χ0) is 23.9. The first-order valence-electron chi connectivity index (χ1n) is 10.3. The Morgan fingerprint density at radius 2 is 1.82 bits per heavy atom. The van der Waals surface area contributed by atoms with Crippen molar-refractivity contribution in [1.29, 1.82) is 0 Å². The molecule has 0 atom stereocenters. The summed E-state index contributed by atoms with van der Waals surface area (Å²) < 4.78 is 53.4. The van der Waals surface area contributed by atoms with Gasteiger partial charge in [0.25, 0.3) is 6.43 Å². The molecular formula is C23H16F4N6O. The average Bonchev–Trinajstić information content (AvgIpc) is 3.47. The Morgan fingerprint density at radius 3 is 2.50 bits per heavy atom. The molecule has 0 bridgehead atoms. The first-order valence-corrected chi connectivity index (χ1v) is 10.3. The van der Waals surface area contributed by atoms with Crippen molar-refractivity contribution >= 4 is 11.6 Å². The fourth-order valence-corrected chi connectivity index (χ4v) is 3.89. The molecule has 2 heterocycles. The Hall–Kier alpha value is -4.15. The van der Waals surface area contributed by atoms with Crippen molar-refractivity contribution in [1.82, 2.24) is 25.6 Å². The second-order valence-corrected chi connectivity index (χ2v) is 7.95. The van der Waals surface area contributed by atoms with Gasteiger partial charge in [0.1, 0.15) is 5.69 Å². The molecule has 1 fully saturated rings. The molecule has 11 heteroatoms. The quantitative estimate of drug-likeness (QED) is 0.396. The molecular weight excluding hydrogens is 452 g/mol. The first-order chi connectivity index (χ1) is 16.4. The number of nitrogens with one attached hydrogen (secondary N) is 2. The number of anilines is 1. The Labute approximate surface area is 190 Å². The SMILES string of the molecule is O=C(Nc1ccc(-c2ccnc(C(F)F)c2)c(-c2nnn[nH]2)c1)C1(c2ccc(F)c(F)c2)CC1. The Morgan fingerprint density at radius 1 is 1.00 bits per heavy atom. The molecule has 0 unspecified atom stereocenters. The molecule has 0 spiro atoms. The normalized spacial score (nSPS) is 14.3. The molecule has 0 aliphatic heterocycles. The lowest BCUT2D eigenvalue weighted by atomic mass is 9.94. The highest BCUT2D eigenvalue weighted by atomic mass is 19.3. The maximum absolute atomic E-state index is 13.7. The van der Waals surface area contributed by atoms with Crippen LogP contribution in [0.3, 0.4) is 0 Å². The third-order valence-corrected chi connectivity index (χ3v) is 5.85. The predicted octanol–water partition coefficient (Wildman–Crippen LogP) is 4.81. The van der Waals surface area contributed by atoms with Crippen LogP contribution in [0.5, 0.6) is 0 Å². The number of H-pyrrole nitrogens is 1. The van der Waals surface area contributed by atoms with Crippen molar-refractivity contribution in [3.8, 4) is 22.5 Å². The molecule has 2 aromatic carbocycles. The minimum atomic E-state index is -2.74. The second-order valence-electron chi connectivity index (χ2n) is 7.95. The standard InChI is InChI=1S/C23H16F4N6O/c24-17-4-1-13(10-18(17)25)23(6-7-23)22(34)29-14-2-3-15(16(11-14)21-30-32-33-31-21)12-5-8-28-19(9-12)20(26)27/h1-5,8-11,20H,6-7H2,(H,29,34)(H,30,31,32,33). The Balaban J connectivity index is 1.49. The number of hydrogen-bond acceptors (Lipinski definition) is 5. The number of amides is 1. The molecule has 1 amide bonds. The van der Waals surface area contributed by atoms with E-state index < -0.39 is 23.5 Å². The predicted molar refractivity (Wildman–Crippen MR) is 114 cm³/mol. The third kappa shape index (κ3) is 3.89. The molecule has 2 aromatic heterocycles. The Kier molecular flexibility index (Phi) is 5.31. The van der Waals surface area contributed by atoms with Crippen LogP contribution in [0.1, 0.15) is 30.5 Å². The summed E-state index contributed by atoms with van der Waals surface area (Å²) >= 11 is 0. The van der Waals surface area contributed by atoms with Crippen LogP contribution in [-0.4, -0.2) is 31.5 Å². The van der Waals surface area contributed by atoms with Gasteiger partial charge in [-0.2, -0.15) is 0 Å². The zero-order valence-electron chi connectivity index (χ0n) is 17.4. The van der Waals surface area contributed by atoms with Crippen molar-refractivity contribution < 1.29 is 22.4 Å². The number of hydrogen-bond donors (Lipinski definition) is 2. The minimum absolute atomic E-state index is 0.267. The molecule has 34 heavy (non-hydrogen) atoms. The minimum Gasteiger partial charge on any atom is -0.325 e. The molecule has 7 nitrogen and oxygen atoms in total. The summed E-state index contributed by atoms with van der Waals surface area (Å²) in [6.45, 7) is 0. The van der Waals surface area contributed by atoms with Crippen LogP contribution in [0, 0.1) is 11.6 Å². The van der Waals surface area contributed by atoms with E-state index >= 15 is 0 Å². The number of halogens is 4. The van der Waals surface area contributed by atoms with Crippen molar-refractivity contribution in [3.05, 3.63) is 77.6 Å². The number of tetrazole rings is 1. The fourth-order valence-electron chi connectivity index (χ4n) is 3.89. The molecule has 0 saturated heterocycles. The van der Waals surface area contributed by atoms with Crippen molar-refractivity contribution in [2.45, 2.75) is 24.7 Å². The van der Waals surface area contributed by atoms with E-state index in [9.17, 15) is 22.4 Å². The summed E-state index contributed by atoms with van der Waals surface area (Å²) in [6.07, 6.45) is -0.462. The van der Waals surface area contributed by atoms with Gasteiger partial charge >= 0.3 is 0 Å². The lowest BCUT2D eigenvalue weighted by Gasteiger charge is -2.17. The number of carbonyl (C=O) groups excluding carboxylic acids is 1. The van der Waals surface area contributed by atoms with Gasteiger partial charge in [-0.3, -0.25) is 9.78 Å². The largest absolute Gasteiger partial charge is 0.325 e. The topological polar surface area (TPSA) is 96.5 Å². The van der Waals surface area contributed by atoms with Crippen LogP contribution in [0.4, 0.5) is 23.2 Å². The Bertz CT molecular complexity index is 1370. The zero-order valence-corrected chi connectivity index (χ0v) is 17.4. The number of pyridine rings is 1. The summed E-state index contributed by atoms with van der Waals surface area (Å²) in [5, 5.41) is 16.5. The highest BCUT2D eigenvalue weighted by Crippen LogP contribution is 2.49. The van der Waals surface area contributed by atoms with Gasteiger partial charge in [0.05, 0.1) is 5.41 Å². The van der Waals surface area contributed by atoms with Gasteiger partial charge in [-0.1, -0.05) is 12.1 Å². The third-order valence-electron chi connectivity index (χ3n) is 5.85. The lowest BCUT2D eigenvalue weighted by molar-refractivity contribution is -0.118. The van der Waals surface area contributed by atoms with Gasteiger partial charge in [-0.05, 0) is 76.4 Å². The number of aromatic amines is 1. The van der Waals surface area contributed by atoms with Crippen LogP contribution in [0.15, 0.2) is 54.7 Å². The van der Waals surface area contributed by atoms with E-state index in [1.807, 2.05) is 0 Å². The highest BCUT2D eigenvalue weighted by molar-refractivity contribution is 6.02. The van der Waals surface area contributed by atoms with E-state index in [0.29, 0.717) is 40.8 Å². The smallest absolute Gasteiger partial charge is 0.280 e. The summed E-state index contributed by atoms with van der Waals surface area (Å²) in [7, 11) is 0. The molecule has 1 saturated carbocycles. The highest BCUT2D eigenvalue weighted by Gasteiger charge is 2.51. The number of benzene rings is 2. The summed E-state index contributed by atoms with van der Waals surface area (Å²) in [5.41, 5.74) is 0.954. The monoisotopic (exact) mass is 468 g/mol. The molecule has 2 N–H and O–H groups in total. The van der Waals surface area contributed by atoms with E-state index in [0.717, 1.165) is 12.1 Å². The number of alkyl halides is 2. The summed E-state index contributed by atoms with van der Waals surface area (Å²) in [4.78, 5) is 16.8. The number of rotatable bonds is 6. The van der Waals surface area contributed by atoms with E-state index in [1.54, 1.807) is 24.3 Å². The average molecular weight is 468 g/mol. The van der Waals surface area contributed by atoms with Gasteiger partial charge in [0, 0.05) is 17.4 Å². The van der Waals surface area contributed by atoms with E-state index in [-0.39, 0.29) is 17.4 Å². The van der Waals surface area contributed by atoms with Gasteiger partial charge < -0.3 is 5.32 Å². The van der Waals surface area contributed by atoms with E-state index in [1.165, 1.54) is 18.3 Å². The molecule has 1 aliphatic rings. The van der Waals surface area contributed by atoms with Crippen molar-refractivity contribution in [2.75, 3.05) is 5.32 Å². The maximum Gasteiger partial charge on any atom is 0.280 e. The van der Waals surface area contributed by atoms with Crippen LogP contribution in [0.25, 0.3) is 22.5 Å². The van der Waals surface area contributed by atoms with Crippen LogP contribution < -0.4 is 5.32 Å². The number of aromatic nitrogens is 5. The molecule has 0 radical (unpaired) electrons. The van der Waals surface area contributed by atoms with Crippen molar-refractivity contribution in [2.24, 2.45) is 0 Å². The van der Waals surface area contributed by atoms with Gasteiger partial charge in [-0.15, -0.1) is 5.10 Å². The molecule has 1 aliphatic carbocycles. The van der Waals surface area contributed by atoms with Crippen LogP contribution in [0.2, 0.25) is 0 Å². The van der Waals surface area contributed by atoms with Gasteiger partial charge in [0.2, 0.25) is 5.91 Å². The first kappa shape index (κ1) is 21.7. The number of carbonyl (C=O) groups is 1. The van der Waals surface area contributed by atoms with Gasteiger partial charge in [-0.25, -0.2) is 22.7 Å². The van der Waals surface area contributed by atoms with E-state index in [4.69, 9.17) is 0 Å². The van der Waals surface area contributed by atoms with Crippen molar-refractivity contribution in [3.63, 3.8) is 0 Å². The second kappa shape index (κ2) is 8.32. The fraction of sp³-hybridized carbons (Fsp3) is 0.174. The summed E-state index contributed by atoms with van der Waals surface area (Å²) in [6, 6.07) is 11.2. The van der Waals surface area contributed by atoms with Crippen LogP contribution >= 0.6 is 0 Å². The molecule has 172 valence electrons. The number of nitrogens with zero attached hydrogens (tertiary/aromatic N) is 4.